The lowest BCUT2D eigenvalue weighted by atomic mass is 9.86. The van der Waals surface area contributed by atoms with Gasteiger partial charge in [-0.2, -0.15) is 0 Å². The number of hydrogen-bond donors (Lipinski definition) is 7. The lowest BCUT2D eigenvalue weighted by Gasteiger charge is -2.65. The van der Waals surface area contributed by atoms with E-state index in [1.807, 2.05) is 13.8 Å². The summed E-state index contributed by atoms with van der Waals surface area (Å²) in [7, 11) is 5.79. The third-order valence-corrected chi connectivity index (χ3v) is 9.74. The third kappa shape index (κ3) is 9.62. The highest BCUT2D eigenvalue weighted by Crippen LogP contribution is 2.41. The Morgan fingerprint density at radius 3 is 1.21 bits per heavy atom. The van der Waals surface area contributed by atoms with Crippen LogP contribution in [0.2, 0.25) is 0 Å². The number of hydrazine groups is 1. The largest absolute Gasteiger partial charge is 0.478 e. The van der Waals surface area contributed by atoms with Crippen LogP contribution in [0.3, 0.4) is 0 Å². The standard InChI is InChI=1S/C34H70N12O7/c1-17(2)16-23(37)29(49)43(13)34(42(12)27(47)21(9)35,44(14)31(51)25(39)19(5)6)46(45(15)28(48)22(10)36)33(32(52)53,26(40)20(7)8)41(11)30(50)24(38)18(3)4/h17-26H,16,35-40H2,1-15H3,(H,52,53)/t21-,22-,23-,24-,25-,26?,33-,34-/m1/s1. The van der Waals surface area contributed by atoms with Gasteiger partial charge in [-0.25, -0.2) is 4.79 Å². The Morgan fingerprint density at radius 1 is 0.528 bits per heavy atom. The zero-order valence-electron chi connectivity index (χ0n) is 34.5. The minimum atomic E-state index is -2.96. The number of likely N-dealkylation sites (N-methyl/N-ethyl adjacent to an activating group) is 5. The predicted octanol–water partition coefficient (Wildman–Crippen LogP) is -2.09. The fraction of sp³-hybridized carbons (Fsp3) is 0.824. The molecule has 0 saturated carbocycles. The minimum Gasteiger partial charge on any atom is -0.478 e. The second kappa shape index (κ2) is 19.2. The molecule has 5 amide bonds. The number of nitrogens with zero attached hydrogens (tertiary/aromatic N) is 6. The Hall–Kier alpha value is -3.46. The molecular weight excluding hydrogens is 688 g/mol. The molecule has 0 rings (SSSR count). The van der Waals surface area contributed by atoms with Crippen LogP contribution in [0.4, 0.5) is 0 Å². The van der Waals surface area contributed by atoms with Gasteiger partial charge in [0.15, 0.2) is 0 Å². The van der Waals surface area contributed by atoms with Crippen molar-refractivity contribution in [3.63, 3.8) is 0 Å². The van der Waals surface area contributed by atoms with Crippen molar-refractivity contribution in [3.05, 3.63) is 0 Å². The zero-order valence-corrected chi connectivity index (χ0v) is 34.5. The molecule has 0 bridgehead atoms. The molecule has 19 nitrogen and oxygen atoms in total. The van der Waals surface area contributed by atoms with Crippen molar-refractivity contribution in [2.24, 2.45) is 58.1 Å². The second-order valence-corrected chi connectivity index (χ2v) is 15.5. The number of amides is 5. The number of aliphatic carboxylic acids is 1. The molecule has 0 aliphatic carbocycles. The zero-order chi connectivity index (χ0) is 42.4. The molecule has 53 heavy (non-hydrogen) atoms. The molecule has 0 aromatic heterocycles. The maximum Gasteiger partial charge on any atom is 0.348 e. The highest BCUT2D eigenvalue weighted by molar-refractivity contribution is 5.92. The van der Waals surface area contributed by atoms with E-state index in [0.29, 0.717) is 0 Å². The first-order valence-electron chi connectivity index (χ1n) is 17.9. The average molecular weight is 759 g/mol. The summed E-state index contributed by atoms with van der Waals surface area (Å²) < 4.78 is 0. The minimum absolute atomic E-state index is 0.110. The molecular formula is C34H70N12O7. The molecule has 0 fully saturated rings. The molecule has 308 valence electrons. The second-order valence-electron chi connectivity index (χ2n) is 15.5. The average Bonchev–Trinajstić information content (AvgIpc) is 3.06. The molecule has 0 aliphatic rings. The van der Waals surface area contributed by atoms with Gasteiger partial charge in [0, 0.05) is 35.2 Å². The smallest absolute Gasteiger partial charge is 0.348 e. The quantitative estimate of drug-likeness (QED) is 0.0549. The number of carboxylic acid groups (broad SMARTS) is 1. The number of rotatable bonds is 19. The van der Waals surface area contributed by atoms with Crippen molar-refractivity contribution in [3.8, 4) is 0 Å². The molecule has 8 atom stereocenters. The van der Waals surface area contributed by atoms with E-state index in [1.165, 1.54) is 35.0 Å². The van der Waals surface area contributed by atoms with E-state index in [9.17, 15) is 33.9 Å². The monoisotopic (exact) mass is 759 g/mol. The van der Waals surface area contributed by atoms with Gasteiger partial charge in [-0.3, -0.25) is 43.7 Å². The molecule has 0 aliphatic heterocycles. The summed E-state index contributed by atoms with van der Waals surface area (Å²) in [5.74, 6) is -11.3. The fourth-order valence-electron chi connectivity index (χ4n) is 6.29. The first kappa shape index (κ1) is 49.5. The van der Waals surface area contributed by atoms with Crippen molar-refractivity contribution in [2.45, 2.75) is 123 Å². The molecule has 19 heteroatoms. The van der Waals surface area contributed by atoms with Gasteiger partial charge in [-0.1, -0.05) is 55.4 Å². The molecule has 0 spiro atoms. The number of carbonyl (C=O) groups is 6. The lowest BCUT2D eigenvalue weighted by Crippen LogP contribution is -2.91. The van der Waals surface area contributed by atoms with Crippen LogP contribution < -0.4 is 34.4 Å². The summed E-state index contributed by atoms with van der Waals surface area (Å²) in [5, 5.41) is 13.2. The van der Waals surface area contributed by atoms with Crippen LogP contribution in [0.15, 0.2) is 0 Å². The maximum absolute atomic E-state index is 14.7. The van der Waals surface area contributed by atoms with E-state index in [2.05, 4.69) is 0 Å². The Labute approximate surface area is 315 Å². The maximum atomic E-state index is 14.7. The predicted molar refractivity (Wildman–Crippen MR) is 202 cm³/mol. The molecule has 0 radical (unpaired) electrons. The summed E-state index contributed by atoms with van der Waals surface area (Å²) >= 11 is 0. The van der Waals surface area contributed by atoms with E-state index in [-0.39, 0.29) is 12.3 Å². The van der Waals surface area contributed by atoms with Crippen molar-refractivity contribution < 1.29 is 33.9 Å². The van der Waals surface area contributed by atoms with Gasteiger partial charge in [0.25, 0.3) is 11.8 Å². The van der Waals surface area contributed by atoms with Crippen molar-refractivity contribution in [2.75, 3.05) is 35.2 Å². The van der Waals surface area contributed by atoms with Gasteiger partial charge in [0.05, 0.1) is 36.3 Å². The lowest BCUT2D eigenvalue weighted by molar-refractivity contribution is -0.325. The van der Waals surface area contributed by atoms with Crippen LogP contribution in [-0.2, 0) is 28.8 Å². The fourth-order valence-corrected chi connectivity index (χ4v) is 6.29. The van der Waals surface area contributed by atoms with E-state index >= 15 is 0 Å². The van der Waals surface area contributed by atoms with Crippen LogP contribution in [0.1, 0.15) is 75.7 Å². The summed E-state index contributed by atoms with van der Waals surface area (Å²) in [6.07, 6.45) is 0.110. The highest BCUT2D eigenvalue weighted by atomic mass is 16.4. The van der Waals surface area contributed by atoms with Crippen molar-refractivity contribution in [1.82, 2.24) is 29.6 Å². The van der Waals surface area contributed by atoms with E-state index in [4.69, 9.17) is 34.4 Å². The van der Waals surface area contributed by atoms with Gasteiger partial charge >= 0.3 is 5.97 Å². The summed E-state index contributed by atoms with van der Waals surface area (Å²) in [5.41, 5.74) is 35.6. The first-order chi connectivity index (χ1) is 24.0. The molecule has 0 aromatic rings. The van der Waals surface area contributed by atoms with Gasteiger partial charge in [0.2, 0.25) is 29.3 Å². The van der Waals surface area contributed by atoms with Crippen LogP contribution in [-0.4, -0.2) is 153 Å². The summed E-state index contributed by atoms with van der Waals surface area (Å²) in [6.45, 7) is 16.0. The van der Waals surface area contributed by atoms with Crippen LogP contribution in [0, 0.1) is 23.7 Å². The van der Waals surface area contributed by atoms with Crippen molar-refractivity contribution >= 4 is 35.5 Å². The topological polar surface area (TPSA) is 298 Å². The molecule has 0 heterocycles. The highest BCUT2D eigenvalue weighted by Gasteiger charge is 2.70. The summed E-state index contributed by atoms with van der Waals surface area (Å²) in [6, 6.07) is -8.25. The van der Waals surface area contributed by atoms with E-state index < -0.39 is 101 Å². The number of nitrogens with two attached hydrogens (primary N) is 6. The van der Waals surface area contributed by atoms with Gasteiger partial charge in [0.1, 0.15) is 0 Å². The SMILES string of the molecule is CC(C)C[C@@H](N)C(=O)N(C)[C@](N(C)C(=O)[C@@H](C)N)(N(C)C(=O)[C@H](N)C(C)C)N(N(C)C(=O)[C@@H](C)N)[C@@](C(=O)O)(C(N)C(C)C)N(C)C(=O)[C@H](N)C(C)C. The van der Waals surface area contributed by atoms with E-state index in [0.717, 1.165) is 43.7 Å². The van der Waals surface area contributed by atoms with Gasteiger partial charge in [-0.15, -0.1) is 5.01 Å². The van der Waals surface area contributed by atoms with Crippen LogP contribution >= 0.6 is 0 Å². The Morgan fingerprint density at radius 2 is 0.887 bits per heavy atom. The molecule has 1 unspecified atom stereocenters. The Kier molecular flexibility index (Phi) is 18.0. The van der Waals surface area contributed by atoms with Crippen LogP contribution in [0.25, 0.3) is 0 Å². The molecule has 0 aromatic carbocycles. The van der Waals surface area contributed by atoms with Gasteiger partial charge < -0.3 is 44.4 Å². The van der Waals surface area contributed by atoms with Crippen LogP contribution in [0.5, 0.6) is 0 Å². The first-order valence-corrected chi connectivity index (χ1v) is 17.9. The van der Waals surface area contributed by atoms with Gasteiger partial charge in [-0.05, 0) is 43.9 Å². The third-order valence-electron chi connectivity index (χ3n) is 9.74. The number of hydrogen-bond acceptors (Lipinski definition) is 13. The summed E-state index contributed by atoms with van der Waals surface area (Å²) in [4.78, 5) is 90.2. The van der Waals surface area contributed by atoms with E-state index in [1.54, 1.807) is 41.5 Å². The number of carboxylic acids is 1. The number of carbonyl (C=O) groups excluding carboxylic acids is 5. The van der Waals surface area contributed by atoms with Crippen molar-refractivity contribution in [1.29, 1.82) is 0 Å². The molecule has 0 saturated heterocycles. The Bertz CT molecular complexity index is 1310. The molecule has 13 N–H and O–H groups in total. The normalized spacial score (nSPS) is 17.7. The Balaban J connectivity index is 9.68.